The van der Waals surface area contributed by atoms with Crippen molar-refractivity contribution in [3.63, 3.8) is 0 Å². The lowest BCUT2D eigenvalue weighted by Crippen LogP contribution is -2.58. The Morgan fingerprint density at radius 3 is 2.52 bits per heavy atom. The van der Waals surface area contributed by atoms with E-state index in [9.17, 15) is 9.59 Å². The number of urea groups is 1. The van der Waals surface area contributed by atoms with E-state index >= 15 is 0 Å². The van der Waals surface area contributed by atoms with E-state index in [2.05, 4.69) is 5.32 Å². The molecule has 2 aliphatic rings. The maximum absolute atomic E-state index is 12.3. The van der Waals surface area contributed by atoms with Crippen LogP contribution in [-0.2, 0) is 9.53 Å². The fourth-order valence-electron chi connectivity index (χ4n) is 3.18. The number of nitrogens with zero attached hydrogens (tertiary/aromatic N) is 1. The van der Waals surface area contributed by atoms with Crippen molar-refractivity contribution in [3.8, 4) is 0 Å². The number of amides is 2. The molecular weight excluding hydrogens is 272 g/mol. The SMILES string of the molecule is CC1(C)COCCN1C(=O)NCC1CCC(C(=O)O)CC1. The van der Waals surface area contributed by atoms with Gasteiger partial charge in [-0.25, -0.2) is 4.79 Å². The molecule has 0 aromatic rings. The quantitative estimate of drug-likeness (QED) is 0.831. The van der Waals surface area contributed by atoms with Gasteiger partial charge in [-0.3, -0.25) is 4.79 Å². The third kappa shape index (κ3) is 4.09. The highest BCUT2D eigenvalue weighted by atomic mass is 16.5. The maximum Gasteiger partial charge on any atom is 0.318 e. The minimum Gasteiger partial charge on any atom is -0.481 e. The van der Waals surface area contributed by atoms with Crippen LogP contribution in [0.15, 0.2) is 0 Å². The number of hydrogen-bond donors (Lipinski definition) is 2. The van der Waals surface area contributed by atoms with Crippen molar-refractivity contribution in [3.05, 3.63) is 0 Å². The zero-order valence-electron chi connectivity index (χ0n) is 12.9. The largest absolute Gasteiger partial charge is 0.481 e. The van der Waals surface area contributed by atoms with Gasteiger partial charge >= 0.3 is 12.0 Å². The maximum atomic E-state index is 12.3. The van der Waals surface area contributed by atoms with Gasteiger partial charge in [0.15, 0.2) is 0 Å². The topological polar surface area (TPSA) is 78.9 Å². The molecule has 6 heteroatoms. The number of carbonyl (C=O) groups excluding carboxylic acids is 1. The molecule has 0 bridgehead atoms. The molecule has 1 saturated carbocycles. The van der Waals surface area contributed by atoms with Crippen LogP contribution in [0.2, 0.25) is 0 Å². The Morgan fingerprint density at radius 2 is 1.95 bits per heavy atom. The van der Waals surface area contributed by atoms with Gasteiger partial charge in [0.05, 0.1) is 24.7 Å². The number of carboxylic acids is 1. The minimum atomic E-state index is -0.687. The molecule has 120 valence electrons. The molecule has 0 unspecified atom stereocenters. The Bertz CT molecular complexity index is 389. The van der Waals surface area contributed by atoms with Crippen LogP contribution in [0.25, 0.3) is 0 Å². The third-order valence-corrected chi connectivity index (χ3v) is 4.63. The summed E-state index contributed by atoms with van der Waals surface area (Å²) in [5.74, 6) is -0.489. The highest BCUT2D eigenvalue weighted by molar-refractivity contribution is 5.75. The van der Waals surface area contributed by atoms with Crippen LogP contribution in [-0.4, -0.2) is 53.8 Å². The summed E-state index contributed by atoms with van der Waals surface area (Å²) < 4.78 is 5.42. The first-order chi connectivity index (χ1) is 9.90. The monoisotopic (exact) mass is 298 g/mol. The van der Waals surface area contributed by atoms with Crippen molar-refractivity contribution in [2.75, 3.05) is 26.3 Å². The Kier molecular flexibility index (Phi) is 5.08. The summed E-state index contributed by atoms with van der Waals surface area (Å²) in [6, 6.07) is -0.0383. The predicted octanol–water partition coefficient (Wildman–Crippen LogP) is 1.70. The standard InChI is InChI=1S/C15H26N2O4/c1-15(2)10-21-8-7-17(15)14(20)16-9-11-3-5-12(6-4-11)13(18)19/h11-12H,3-10H2,1-2H3,(H,16,20)(H,18,19). The molecule has 1 aliphatic heterocycles. The van der Waals surface area contributed by atoms with E-state index in [0.29, 0.717) is 32.2 Å². The van der Waals surface area contributed by atoms with Gasteiger partial charge in [-0.1, -0.05) is 0 Å². The van der Waals surface area contributed by atoms with Crippen molar-refractivity contribution in [2.45, 2.75) is 45.1 Å². The van der Waals surface area contributed by atoms with E-state index in [1.54, 1.807) is 0 Å². The average molecular weight is 298 g/mol. The van der Waals surface area contributed by atoms with Gasteiger partial charge in [-0.05, 0) is 45.4 Å². The summed E-state index contributed by atoms with van der Waals surface area (Å²) in [5, 5.41) is 12.0. The average Bonchev–Trinajstić information content (AvgIpc) is 2.44. The van der Waals surface area contributed by atoms with Gasteiger partial charge in [-0.2, -0.15) is 0 Å². The second kappa shape index (κ2) is 6.64. The number of nitrogens with one attached hydrogen (secondary N) is 1. The summed E-state index contributed by atoms with van der Waals surface area (Å²) in [5.41, 5.74) is -0.275. The van der Waals surface area contributed by atoms with Gasteiger partial charge in [0.2, 0.25) is 0 Å². The predicted molar refractivity (Wildman–Crippen MR) is 78.1 cm³/mol. The molecule has 2 amide bonds. The van der Waals surface area contributed by atoms with Crippen LogP contribution in [0, 0.1) is 11.8 Å². The van der Waals surface area contributed by atoms with Crippen LogP contribution in [0.1, 0.15) is 39.5 Å². The number of rotatable bonds is 3. The fraction of sp³-hybridized carbons (Fsp3) is 0.867. The summed E-state index contributed by atoms with van der Waals surface area (Å²) in [7, 11) is 0. The van der Waals surface area contributed by atoms with E-state index in [-0.39, 0.29) is 17.5 Å². The van der Waals surface area contributed by atoms with Crippen LogP contribution < -0.4 is 5.32 Å². The van der Waals surface area contributed by atoms with Gasteiger partial charge in [0.25, 0.3) is 0 Å². The number of ether oxygens (including phenoxy) is 1. The Labute approximate surface area is 125 Å². The smallest absolute Gasteiger partial charge is 0.318 e. The van der Waals surface area contributed by atoms with Crippen molar-refractivity contribution in [1.29, 1.82) is 0 Å². The second-order valence-electron chi connectivity index (χ2n) is 6.76. The first kappa shape index (κ1) is 16.1. The molecule has 0 aromatic carbocycles. The van der Waals surface area contributed by atoms with Crippen LogP contribution in [0.4, 0.5) is 4.79 Å². The minimum absolute atomic E-state index is 0.0383. The lowest BCUT2D eigenvalue weighted by atomic mass is 9.82. The molecule has 0 aromatic heterocycles. The molecule has 0 radical (unpaired) electrons. The van der Waals surface area contributed by atoms with Crippen molar-refractivity contribution in [1.82, 2.24) is 10.2 Å². The van der Waals surface area contributed by atoms with E-state index in [0.717, 1.165) is 25.7 Å². The Hall–Kier alpha value is -1.30. The third-order valence-electron chi connectivity index (χ3n) is 4.63. The van der Waals surface area contributed by atoms with Crippen molar-refractivity contribution in [2.24, 2.45) is 11.8 Å². The van der Waals surface area contributed by atoms with Crippen molar-refractivity contribution >= 4 is 12.0 Å². The lowest BCUT2D eigenvalue weighted by molar-refractivity contribution is -0.143. The number of hydrogen-bond acceptors (Lipinski definition) is 3. The summed E-state index contributed by atoms with van der Waals surface area (Å²) in [4.78, 5) is 25.0. The zero-order valence-corrected chi connectivity index (χ0v) is 12.9. The number of carboxylic acid groups (broad SMARTS) is 1. The Morgan fingerprint density at radius 1 is 1.29 bits per heavy atom. The van der Waals surface area contributed by atoms with Gasteiger partial charge in [-0.15, -0.1) is 0 Å². The molecule has 2 N–H and O–H groups in total. The lowest BCUT2D eigenvalue weighted by Gasteiger charge is -2.42. The Balaban J connectivity index is 1.76. The van der Waals surface area contributed by atoms with Gasteiger partial charge in [0, 0.05) is 13.1 Å². The second-order valence-corrected chi connectivity index (χ2v) is 6.76. The molecule has 2 rings (SSSR count). The normalized spacial score (nSPS) is 29.0. The highest BCUT2D eigenvalue weighted by Gasteiger charge is 2.34. The molecule has 1 heterocycles. The number of carbonyl (C=O) groups is 2. The highest BCUT2D eigenvalue weighted by Crippen LogP contribution is 2.28. The summed E-state index contributed by atoms with van der Waals surface area (Å²) in [6.07, 6.45) is 3.20. The first-order valence-corrected chi connectivity index (χ1v) is 7.76. The molecule has 21 heavy (non-hydrogen) atoms. The molecule has 0 atom stereocenters. The molecule has 1 saturated heterocycles. The van der Waals surface area contributed by atoms with Crippen LogP contribution in [0.5, 0.6) is 0 Å². The van der Waals surface area contributed by atoms with Crippen LogP contribution >= 0.6 is 0 Å². The molecule has 6 nitrogen and oxygen atoms in total. The summed E-state index contributed by atoms with van der Waals surface area (Å²) in [6.45, 7) is 6.40. The first-order valence-electron chi connectivity index (χ1n) is 7.76. The number of aliphatic carboxylic acids is 1. The molecule has 2 fully saturated rings. The van der Waals surface area contributed by atoms with Gasteiger partial charge < -0.3 is 20.1 Å². The van der Waals surface area contributed by atoms with E-state index in [1.807, 2.05) is 18.7 Å². The zero-order chi connectivity index (χ0) is 15.5. The van der Waals surface area contributed by atoms with E-state index in [4.69, 9.17) is 9.84 Å². The molecular formula is C15H26N2O4. The fourth-order valence-corrected chi connectivity index (χ4v) is 3.18. The van der Waals surface area contributed by atoms with E-state index in [1.165, 1.54) is 0 Å². The van der Waals surface area contributed by atoms with Gasteiger partial charge in [0.1, 0.15) is 0 Å². The van der Waals surface area contributed by atoms with Crippen molar-refractivity contribution < 1.29 is 19.4 Å². The van der Waals surface area contributed by atoms with E-state index < -0.39 is 5.97 Å². The molecule has 1 aliphatic carbocycles. The number of morpholine rings is 1. The van der Waals surface area contributed by atoms with Crippen LogP contribution in [0.3, 0.4) is 0 Å². The summed E-state index contributed by atoms with van der Waals surface area (Å²) >= 11 is 0. The molecule has 0 spiro atoms.